The summed E-state index contributed by atoms with van der Waals surface area (Å²) in [4.78, 5) is 36.4. The molecule has 3 N–H and O–H groups in total. The summed E-state index contributed by atoms with van der Waals surface area (Å²) in [7, 11) is 0. The Balaban J connectivity index is 2.17. The number of aromatic amines is 1. The lowest BCUT2D eigenvalue weighted by atomic mass is 9.95. The molecule has 1 aromatic rings. The number of rotatable bonds is 4. The third-order valence-electron chi connectivity index (χ3n) is 3.26. The molecule has 0 radical (unpaired) electrons. The second-order valence-electron chi connectivity index (χ2n) is 4.68. The first-order valence-corrected chi connectivity index (χ1v) is 5.68. The van der Waals surface area contributed by atoms with Gasteiger partial charge < -0.3 is 15.4 Å². The highest BCUT2D eigenvalue weighted by molar-refractivity contribution is 5.97. The first kappa shape index (κ1) is 12.3. The Morgan fingerprint density at radius 3 is 2.56 bits per heavy atom. The summed E-state index contributed by atoms with van der Waals surface area (Å²) in [5, 5.41) is 11.7. The number of carbonyl (C=O) groups is 2. The minimum Gasteiger partial charge on any atom is -0.480 e. The number of carboxylic acid groups (broad SMARTS) is 1. The lowest BCUT2D eigenvalue weighted by molar-refractivity contribution is -0.144. The van der Waals surface area contributed by atoms with Crippen LogP contribution in [0.25, 0.3) is 0 Å². The molecule has 1 heterocycles. The molecule has 0 aromatic carbocycles. The fourth-order valence-electron chi connectivity index (χ4n) is 1.85. The number of carbonyl (C=O) groups excluding carboxylic acids is 1. The Hall–Kier alpha value is -2.11. The maximum Gasteiger partial charge on any atom is 0.329 e. The van der Waals surface area contributed by atoms with E-state index < -0.39 is 17.4 Å². The van der Waals surface area contributed by atoms with Crippen molar-refractivity contribution in [2.45, 2.75) is 25.3 Å². The van der Waals surface area contributed by atoms with Crippen LogP contribution in [0.5, 0.6) is 0 Å². The van der Waals surface area contributed by atoms with Gasteiger partial charge in [0.25, 0.3) is 5.91 Å². The van der Waals surface area contributed by atoms with Crippen LogP contribution in [0.3, 0.4) is 0 Å². The van der Waals surface area contributed by atoms with Crippen LogP contribution in [-0.4, -0.2) is 27.5 Å². The highest BCUT2D eigenvalue weighted by Crippen LogP contribution is 2.39. The van der Waals surface area contributed by atoms with Crippen molar-refractivity contribution in [3.63, 3.8) is 0 Å². The monoisotopic (exact) mass is 250 g/mol. The molecule has 6 heteroatoms. The predicted octanol–water partition coefficient (Wildman–Crippen LogP) is 0.358. The van der Waals surface area contributed by atoms with Gasteiger partial charge in [0.2, 0.25) is 5.56 Å². The van der Waals surface area contributed by atoms with Gasteiger partial charge >= 0.3 is 5.97 Å². The van der Waals surface area contributed by atoms with Crippen molar-refractivity contribution in [1.82, 2.24) is 10.3 Å². The number of amides is 1. The molecule has 1 aromatic heterocycles. The summed E-state index contributed by atoms with van der Waals surface area (Å²) in [6.07, 6.45) is 2.87. The number of aromatic nitrogens is 1. The zero-order chi connectivity index (χ0) is 13.3. The molecule has 6 nitrogen and oxygen atoms in total. The van der Waals surface area contributed by atoms with Gasteiger partial charge in [-0.25, -0.2) is 4.79 Å². The molecule has 1 saturated carbocycles. The van der Waals surface area contributed by atoms with Crippen molar-refractivity contribution >= 4 is 11.9 Å². The number of hydrogen-bond acceptors (Lipinski definition) is 3. The van der Waals surface area contributed by atoms with Gasteiger partial charge in [0, 0.05) is 12.3 Å². The number of carboxylic acids is 1. The molecular weight excluding hydrogens is 236 g/mol. The van der Waals surface area contributed by atoms with Gasteiger partial charge in [-0.2, -0.15) is 0 Å². The lowest BCUT2D eigenvalue weighted by Gasteiger charge is -2.26. The summed E-state index contributed by atoms with van der Waals surface area (Å²) in [5.41, 5.74) is -1.31. The van der Waals surface area contributed by atoms with Gasteiger partial charge in [-0.1, -0.05) is 0 Å². The molecule has 0 spiro atoms. The van der Waals surface area contributed by atoms with Crippen LogP contribution in [0.15, 0.2) is 23.1 Å². The average Bonchev–Trinajstić information content (AvgIpc) is 3.13. The molecule has 1 fully saturated rings. The Labute approximate surface area is 103 Å². The number of aliphatic carboxylic acids is 1. The third kappa shape index (κ3) is 2.27. The smallest absolute Gasteiger partial charge is 0.329 e. The van der Waals surface area contributed by atoms with E-state index in [-0.39, 0.29) is 17.0 Å². The molecule has 1 amide bonds. The quantitative estimate of drug-likeness (QED) is 0.718. The molecular formula is C12H14N2O4. The van der Waals surface area contributed by atoms with Crippen molar-refractivity contribution in [1.29, 1.82) is 0 Å². The standard InChI is InChI=1S/C12H14N2O4/c1-12(11(17)18,8-3-4-8)14-10(16)7-2-5-9(15)13-6-7/h2,5-6,8H,3-4H2,1H3,(H,13,15)(H,14,16)(H,17,18). The first-order chi connectivity index (χ1) is 8.43. The molecule has 2 rings (SSSR count). The number of hydrogen-bond donors (Lipinski definition) is 3. The largest absolute Gasteiger partial charge is 0.480 e. The minimum atomic E-state index is -1.24. The van der Waals surface area contributed by atoms with Gasteiger partial charge in [-0.05, 0) is 31.7 Å². The van der Waals surface area contributed by atoms with Crippen LogP contribution < -0.4 is 10.9 Å². The Morgan fingerprint density at radius 1 is 1.44 bits per heavy atom. The summed E-state index contributed by atoms with van der Waals surface area (Å²) >= 11 is 0. The molecule has 96 valence electrons. The van der Waals surface area contributed by atoms with Gasteiger partial charge in [0.15, 0.2) is 0 Å². The Bertz CT molecular complexity index is 527. The zero-order valence-corrected chi connectivity index (χ0v) is 9.90. The molecule has 1 unspecified atom stereocenters. The number of pyridine rings is 1. The fraction of sp³-hybridized carbons (Fsp3) is 0.417. The van der Waals surface area contributed by atoms with Gasteiger partial charge in [-0.15, -0.1) is 0 Å². The van der Waals surface area contributed by atoms with Gasteiger partial charge in [0.1, 0.15) is 5.54 Å². The summed E-state index contributed by atoms with van der Waals surface area (Å²) in [6, 6.07) is 2.59. The molecule has 1 aliphatic carbocycles. The summed E-state index contributed by atoms with van der Waals surface area (Å²) in [5.74, 6) is -1.56. The summed E-state index contributed by atoms with van der Waals surface area (Å²) in [6.45, 7) is 1.51. The minimum absolute atomic E-state index is 0.0262. The van der Waals surface area contributed by atoms with Crippen LogP contribution in [0.1, 0.15) is 30.1 Å². The van der Waals surface area contributed by atoms with E-state index >= 15 is 0 Å². The second kappa shape index (κ2) is 4.29. The van der Waals surface area contributed by atoms with E-state index in [0.717, 1.165) is 12.8 Å². The SMILES string of the molecule is CC(NC(=O)c1ccc(=O)[nH]c1)(C(=O)O)C1CC1. The fourth-order valence-corrected chi connectivity index (χ4v) is 1.85. The maximum atomic E-state index is 11.9. The lowest BCUT2D eigenvalue weighted by Crippen LogP contribution is -2.54. The zero-order valence-electron chi connectivity index (χ0n) is 9.90. The van der Waals surface area contributed by atoms with E-state index in [0.29, 0.717) is 0 Å². The van der Waals surface area contributed by atoms with Crippen LogP contribution in [0, 0.1) is 5.92 Å². The summed E-state index contributed by atoms with van der Waals surface area (Å²) < 4.78 is 0. The van der Waals surface area contributed by atoms with Crippen molar-refractivity contribution in [3.8, 4) is 0 Å². The Morgan fingerprint density at radius 2 is 2.11 bits per heavy atom. The molecule has 0 aliphatic heterocycles. The molecule has 18 heavy (non-hydrogen) atoms. The van der Waals surface area contributed by atoms with Crippen molar-refractivity contribution in [3.05, 3.63) is 34.2 Å². The number of nitrogens with one attached hydrogen (secondary N) is 2. The van der Waals surface area contributed by atoms with E-state index in [9.17, 15) is 19.5 Å². The van der Waals surface area contributed by atoms with Crippen LogP contribution in [0.2, 0.25) is 0 Å². The van der Waals surface area contributed by atoms with Crippen LogP contribution in [0.4, 0.5) is 0 Å². The van der Waals surface area contributed by atoms with Crippen LogP contribution >= 0.6 is 0 Å². The first-order valence-electron chi connectivity index (χ1n) is 5.68. The molecule has 1 aliphatic rings. The van der Waals surface area contributed by atoms with E-state index in [2.05, 4.69) is 10.3 Å². The van der Waals surface area contributed by atoms with E-state index in [1.807, 2.05) is 0 Å². The van der Waals surface area contributed by atoms with Crippen molar-refractivity contribution in [2.75, 3.05) is 0 Å². The predicted molar refractivity (Wildman–Crippen MR) is 63.3 cm³/mol. The third-order valence-corrected chi connectivity index (χ3v) is 3.26. The average molecular weight is 250 g/mol. The van der Waals surface area contributed by atoms with Gasteiger partial charge in [0.05, 0.1) is 5.56 Å². The van der Waals surface area contributed by atoms with Crippen molar-refractivity contribution in [2.24, 2.45) is 5.92 Å². The topological polar surface area (TPSA) is 99.3 Å². The van der Waals surface area contributed by atoms with Gasteiger partial charge in [-0.3, -0.25) is 9.59 Å². The number of H-pyrrole nitrogens is 1. The maximum absolute atomic E-state index is 11.9. The second-order valence-corrected chi connectivity index (χ2v) is 4.68. The normalized spacial score (nSPS) is 17.8. The highest BCUT2D eigenvalue weighted by atomic mass is 16.4. The molecule has 0 bridgehead atoms. The van der Waals surface area contributed by atoms with E-state index in [1.165, 1.54) is 25.3 Å². The van der Waals surface area contributed by atoms with Crippen molar-refractivity contribution < 1.29 is 14.7 Å². The van der Waals surface area contributed by atoms with E-state index in [1.54, 1.807) is 0 Å². The molecule has 1 atom stereocenters. The van der Waals surface area contributed by atoms with E-state index in [4.69, 9.17) is 0 Å². The van der Waals surface area contributed by atoms with Crippen LogP contribution in [-0.2, 0) is 4.79 Å². The molecule has 0 saturated heterocycles. The highest BCUT2D eigenvalue weighted by Gasteiger charge is 2.48. The Kier molecular flexibility index (Phi) is 2.94.